The number of aromatic nitrogens is 6. The maximum absolute atomic E-state index is 12.7. The quantitative estimate of drug-likeness (QED) is 0.399. The predicted octanol–water partition coefficient (Wildman–Crippen LogP) is 1.93. The molecule has 2 aromatic heterocycles. The van der Waals surface area contributed by atoms with Gasteiger partial charge in [-0.2, -0.15) is 5.26 Å². The van der Waals surface area contributed by atoms with Gasteiger partial charge in [-0.25, -0.2) is 19.4 Å². The molecule has 4 aromatic rings. The Morgan fingerprint density at radius 3 is 2.62 bits per heavy atom. The van der Waals surface area contributed by atoms with Gasteiger partial charge in [-0.15, -0.1) is 5.10 Å². The number of nitrogens with one attached hydrogen (secondary N) is 1. The number of carbonyl (C=O) groups is 1. The minimum atomic E-state index is -0.179. The van der Waals surface area contributed by atoms with Crippen LogP contribution in [0.5, 0.6) is 11.5 Å². The highest BCUT2D eigenvalue weighted by Crippen LogP contribution is 2.35. The third-order valence-electron chi connectivity index (χ3n) is 6.00. The summed E-state index contributed by atoms with van der Waals surface area (Å²) >= 11 is 0. The van der Waals surface area contributed by atoms with Crippen molar-refractivity contribution in [1.29, 1.82) is 5.26 Å². The zero-order valence-corrected chi connectivity index (χ0v) is 20.1. The number of anilines is 2. The SMILES string of the molecule is COc1cc2c(N3CCN(C(=O)Nc4ccc(C#N)cc4)CC3)ncnc2cc1OCCn1cnnn1. The van der Waals surface area contributed by atoms with E-state index >= 15 is 0 Å². The van der Waals surface area contributed by atoms with Crippen LogP contribution in [0.3, 0.4) is 0 Å². The lowest BCUT2D eigenvalue weighted by atomic mass is 10.2. The van der Waals surface area contributed by atoms with Crippen molar-refractivity contribution >= 4 is 28.4 Å². The van der Waals surface area contributed by atoms with Crippen LogP contribution < -0.4 is 19.7 Å². The highest BCUT2D eigenvalue weighted by atomic mass is 16.5. The molecule has 1 aliphatic heterocycles. The number of fused-ring (bicyclic) bond motifs is 1. The average Bonchev–Trinajstić information content (AvgIpc) is 3.46. The van der Waals surface area contributed by atoms with E-state index in [-0.39, 0.29) is 6.03 Å². The second kappa shape index (κ2) is 10.7. The molecule has 0 saturated carbocycles. The van der Waals surface area contributed by atoms with Gasteiger partial charge in [0.15, 0.2) is 11.5 Å². The number of rotatable bonds is 7. The van der Waals surface area contributed by atoms with E-state index in [1.54, 1.807) is 41.0 Å². The molecular formula is C24H24N10O3. The number of ether oxygens (including phenoxy) is 2. The molecule has 0 radical (unpaired) electrons. The molecule has 0 unspecified atom stereocenters. The monoisotopic (exact) mass is 500 g/mol. The van der Waals surface area contributed by atoms with Gasteiger partial charge in [-0.1, -0.05) is 0 Å². The fraction of sp³-hybridized carbons (Fsp3) is 0.292. The Labute approximate surface area is 212 Å². The number of hydrogen-bond donors (Lipinski definition) is 1. The molecular weight excluding hydrogens is 476 g/mol. The molecule has 13 nitrogen and oxygen atoms in total. The Bertz CT molecular complexity index is 1410. The number of methoxy groups -OCH3 is 1. The first-order valence-corrected chi connectivity index (χ1v) is 11.6. The number of nitriles is 1. The summed E-state index contributed by atoms with van der Waals surface area (Å²) in [5, 5.41) is 23.7. The Hall–Kier alpha value is -4.99. The Balaban J connectivity index is 1.25. The summed E-state index contributed by atoms with van der Waals surface area (Å²) in [4.78, 5) is 25.6. The molecule has 5 rings (SSSR count). The molecule has 2 amide bonds. The molecule has 0 spiro atoms. The zero-order valence-electron chi connectivity index (χ0n) is 20.1. The molecule has 2 aromatic carbocycles. The lowest BCUT2D eigenvalue weighted by molar-refractivity contribution is 0.208. The Kier molecular flexibility index (Phi) is 6.89. The van der Waals surface area contributed by atoms with Gasteiger partial charge in [-0.05, 0) is 40.8 Å². The molecule has 0 aliphatic carbocycles. The number of hydrogen-bond acceptors (Lipinski definition) is 10. The van der Waals surface area contributed by atoms with Crippen LogP contribution in [-0.2, 0) is 6.54 Å². The van der Waals surface area contributed by atoms with E-state index in [4.69, 9.17) is 14.7 Å². The van der Waals surface area contributed by atoms with Crippen LogP contribution >= 0.6 is 0 Å². The van der Waals surface area contributed by atoms with Crippen LogP contribution in [0.15, 0.2) is 49.1 Å². The smallest absolute Gasteiger partial charge is 0.321 e. The maximum Gasteiger partial charge on any atom is 0.321 e. The summed E-state index contributed by atoms with van der Waals surface area (Å²) < 4.78 is 13.1. The van der Waals surface area contributed by atoms with Crippen LogP contribution in [0.1, 0.15) is 5.56 Å². The van der Waals surface area contributed by atoms with E-state index in [1.165, 1.54) is 12.7 Å². The molecule has 1 saturated heterocycles. The normalized spacial score (nSPS) is 13.3. The molecule has 188 valence electrons. The van der Waals surface area contributed by atoms with Crippen LogP contribution in [0.4, 0.5) is 16.3 Å². The third kappa shape index (κ3) is 5.32. The molecule has 0 bridgehead atoms. The number of benzene rings is 2. The summed E-state index contributed by atoms with van der Waals surface area (Å²) in [5.41, 5.74) is 1.92. The van der Waals surface area contributed by atoms with E-state index in [2.05, 4.69) is 41.8 Å². The largest absolute Gasteiger partial charge is 0.493 e. The summed E-state index contributed by atoms with van der Waals surface area (Å²) in [6.45, 7) is 3.13. The van der Waals surface area contributed by atoms with Crippen molar-refractivity contribution in [2.24, 2.45) is 0 Å². The van der Waals surface area contributed by atoms with Crippen molar-refractivity contribution in [3.05, 3.63) is 54.6 Å². The highest BCUT2D eigenvalue weighted by Gasteiger charge is 2.24. The first kappa shape index (κ1) is 23.7. The van der Waals surface area contributed by atoms with Crippen molar-refractivity contribution in [3.8, 4) is 17.6 Å². The molecule has 1 aliphatic rings. The first-order chi connectivity index (χ1) is 18.1. The lowest BCUT2D eigenvalue weighted by Gasteiger charge is -2.35. The van der Waals surface area contributed by atoms with Gasteiger partial charge in [0.2, 0.25) is 0 Å². The molecule has 0 atom stereocenters. The summed E-state index contributed by atoms with van der Waals surface area (Å²) in [6, 6.07) is 12.4. The van der Waals surface area contributed by atoms with E-state index in [0.29, 0.717) is 62.1 Å². The van der Waals surface area contributed by atoms with E-state index in [1.807, 2.05) is 12.1 Å². The van der Waals surface area contributed by atoms with Crippen molar-refractivity contribution in [2.75, 3.05) is 50.1 Å². The van der Waals surface area contributed by atoms with Gasteiger partial charge >= 0.3 is 6.03 Å². The number of piperazine rings is 1. The standard InChI is InChI=1S/C24H24N10O3/c1-36-21-12-19-20(13-22(21)37-11-10-34-16-28-30-31-34)26-15-27-23(19)32-6-8-33(9-7-32)24(35)29-18-4-2-17(14-25)3-5-18/h2-5,12-13,15-16H,6-11H2,1H3,(H,29,35). The van der Waals surface area contributed by atoms with Crippen LogP contribution in [0.2, 0.25) is 0 Å². The molecule has 3 heterocycles. The van der Waals surface area contributed by atoms with E-state index in [0.717, 1.165) is 16.7 Å². The number of nitrogens with zero attached hydrogens (tertiary/aromatic N) is 9. The number of amides is 2. The highest BCUT2D eigenvalue weighted by molar-refractivity contribution is 5.92. The Morgan fingerprint density at radius 1 is 1.11 bits per heavy atom. The fourth-order valence-corrected chi connectivity index (χ4v) is 4.06. The fourth-order valence-electron chi connectivity index (χ4n) is 4.06. The van der Waals surface area contributed by atoms with Crippen LogP contribution in [-0.4, -0.2) is 81.0 Å². The molecule has 1 fully saturated rings. The van der Waals surface area contributed by atoms with Crippen LogP contribution in [0, 0.1) is 11.3 Å². The molecule has 37 heavy (non-hydrogen) atoms. The summed E-state index contributed by atoms with van der Waals surface area (Å²) in [5.74, 6) is 1.91. The zero-order chi connectivity index (χ0) is 25.6. The third-order valence-corrected chi connectivity index (χ3v) is 6.00. The second-order valence-electron chi connectivity index (χ2n) is 8.23. The first-order valence-electron chi connectivity index (χ1n) is 11.6. The predicted molar refractivity (Wildman–Crippen MR) is 133 cm³/mol. The topological polar surface area (TPSA) is 147 Å². The number of urea groups is 1. The average molecular weight is 501 g/mol. The van der Waals surface area contributed by atoms with Crippen LogP contribution in [0.25, 0.3) is 10.9 Å². The minimum Gasteiger partial charge on any atom is -0.493 e. The van der Waals surface area contributed by atoms with Gasteiger partial charge in [0.05, 0.1) is 30.8 Å². The van der Waals surface area contributed by atoms with Crippen molar-refractivity contribution in [1.82, 2.24) is 35.1 Å². The van der Waals surface area contributed by atoms with Gasteiger partial charge in [0, 0.05) is 43.3 Å². The number of carbonyl (C=O) groups excluding carboxylic acids is 1. The number of tetrazole rings is 1. The molecule has 13 heteroatoms. The van der Waals surface area contributed by atoms with Gasteiger partial charge < -0.3 is 24.6 Å². The van der Waals surface area contributed by atoms with Gasteiger partial charge in [0.25, 0.3) is 0 Å². The van der Waals surface area contributed by atoms with Gasteiger partial charge in [0.1, 0.15) is 25.1 Å². The van der Waals surface area contributed by atoms with Crippen molar-refractivity contribution in [3.63, 3.8) is 0 Å². The van der Waals surface area contributed by atoms with Crippen molar-refractivity contribution < 1.29 is 14.3 Å². The summed E-state index contributed by atoms with van der Waals surface area (Å²) in [6.07, 6.45) is 3.05. The molecule has 1 N–H and O–H groups in total. The Morgan fingerprint density at radius 2 is 1.92 bits per heavy atom. The lowest BCUT2D eigenvalue weighted by Crippen LogP contribution is -2.50. The van der Waals surface area contributed by atoms with Gasteiger partial charge in [-0.3, -0.25) is 0 Å². The van der Waals surface area contributed by atoms with E-state index in [9.17, 15) is 4.79 Å². The second-order valence-corrected chi connectivity index (χ2v) is 8.23. The summed E-state index contributed by atoms with van der Waals surface area (Å²) in [7, 11) is 1.59. The van der Waals surface area contributed by atoms with E-state index < -0.39 is 0 Å². The van der Waals surface area contributed by atoms with Crippen molar-refractivity contribution in [2.45, 2.75) is 6.54 Å². The maximum atomic E-state index is 12.7. The minimum absolute atomic E-state index is 0.179.